The minimum Gasteiger partial charge on any atom is -0.356 e. The van der Waals surface area contributed by atoms with Crippen molar-refractivity contribution < 1.29 is 12.8 Å². The minimum atomic E-state index is -3.64. The van der Waals surface area contributed by atoms with Gasteiger partial charge in [0.15, 0.2) is 0 Å². The number of hydrogen-bond acceptors (Lipinski definition) is 6. The van der Waals surface area contributed by atoms with Gasteiger partial charge in [-0.2, -0.15) is 4.31 Å². The van der Waals surface area contributed by atoms with Gasteiger partial charge >= 0.3 is 0 Å². The van der Waals surface area contributed by atoms with Gasteiger partial charge in [0.05, 0.1) is 16.5 Å². The van der Waals surface area contributed by atoms with Gasteiger partial charge in [-0.05, 0) is 62.6 Å². The molecule has 0 unspecified atom stereocenters. The fourth-order valence-corrected chi connectivity index (χ4v) is 6.28. The first-order valence-corrected chi connectivity index (χ1v) is 13.4. The van der Waals surface area contributed by atoms with Crippen LogP contribution < -0.4 is 4.90 Å². The van der Waals surface area contributed by atoms with Crippen molar-refractivity contribution in [3.8, 4) is 0 Å². The fraction of sp³-hybridized carbons (Fsp3) is 0.440. The van der Waals surface area contributed by atoms with Gasteiger partial charge < -0.3 is 4.90 Å². The van der Waals surface area contributed by atoms with Crippen LogP contribution in [0.2, 0.25) is 0 Å². The number of para-hydroxylation sites is 1. The topological polar surface area (TPSA) is 69.6 Å². The predicted octanol–water partition coefficient (Wildman–Crippen LogP) is 3.83. The Labute approximate surface area is 200 Å². The summed E-state index contributed by atoms with van der Waals surface area (Å²) < 4.78 is 40.6. The highest BCUT2D eigenvalue weighted by atomic mass is 32.2. The number of fused-ring (bicyclic) bond motifs is 1. The average Bonchev–Trinajstić information content (AvgIpc) is 2.88. The first kappa shape index (κ1) is 23.1. The Morgan fingerprint density at radius 2 is 1.53 bits per heavy atom. The molecule has 0 spiro atoms. The molecule has 1 atom stereocenters. The standard InChI is InChI=1S/C25H30FN5O2S/c1-19(29-15-17-31(18-16-29)34(32,33)21-11-9-20(26)10-12-21)24-27-23-8-4-3-7-22(23)25(28-24)30-13-5-2-6-14-30/h3-4,7-12,19H,2,5-6,13-18H2,1H3/t19-/m0/s1. The molecule has 5 rings (SSSR count). The second kappa shape index (κ2) is 9.56. The zero-order valence-electron chi connectivity index (χ0n) is 19.4. The summed E-state index contributed by atoms with van der Waals surface area (Å²) in [6.07, 6.45) is 3.61. The van der Waals surface area contributed by atoms with Crippen molar-refractivity contribution in [2.24, 2.45) is 0 Å². The van der Waals surface area contributed by atoms with Crippen molar-refractivity contribution in [3.05, 3.63) is 60.2 Å². The normalized spacial score (nSPS) is 19.4. The Hall–Kier alpha value is -2.62. The molecule has 7 nitrogen and oxygen atoms in total. The first-order chi connectivity index (χ1) is 16.4. The molecule has 2 aliphatic heterocycles. The summed E-state index contributed by atoms with van der Waals surface area (Å²) in [4.78, 5) is 14.6. The van der Waals surface area contributed by atoms with Crippen LogP contribution in [0.25, 0.3) is 10.9 Å². The lowest BCUT2D eigenvalue weighted by molar-refractivity contribution is 0.141. The highest BCUT2D eigenvalue weighted by molar-refractivity contribution is 7.89. The van der Waals surface area contributed by atoms with Crippen molar-refractivity contribution in [2.45, 2.75) is 37.1 Å². The summed E-state index contributed by atoms with van der Waals surface area (Å²) in [6.45, 7) is 6.01. The molecule has 0 bridgehead atoms. The Balaban J connectivity index is 1.35. The molecule has 0 aliphatic carbocycles. The number of benzene rings is 2. The third-order valence-corrected chi connectivity index (χ3v) is 8.81. The lowest BCUT2D eigenvalue weighted by Crippen LogP contribution is -2.49. The van der Waals surface area contributed by atoms with Crippen molar-refractivity contribution in [1.82, 2.24) is 19.2 Å². The van der Waals surface area contributed by atoms with E-state index < -0.39 is 15.8 Å². The molecule has 2 aromatic carbocycles. The van der Waals surface area contributed by atoms with Crippen molar-refractivity contribution in [3.63, 3.8) is 0 Å². The number of piperazine rings is 1. The number of sulfonamides is 1. The Kier molecular flexibility index (Phi) is 6.50. The highest BCUT2D eigenvalue weighted by Gasteiger charge is 2.31. The van der Waals surface area contributed by atoms with Crippen LogP contribution in [-0.2, 0) is 10.0 Å². The number of aromatic nitrogens is 2. The molecule has 2 fully saturated rings. The van der Waals surface area contributed by atoms with Gasteiger partial charge in [0.25, 0.3) is 0 Å². The van der Waals surface area contributed by atoms with E-state index in [1.165, 1.54) is 47.8 Å². The van der Waals surface area contributed by atoms with Gasteiger partial charge in [0.1, 0.15) is 17.5 Å². The smallest absolute Gasteiger partial charge is 0.243 e. The first-order valence-electron chi connectivity index (χ1n) is 11.9. The van der Waals surface area contributed by atoms with Crippen LogP contribution in [0.4, 0.5) is 10.2 Å². The van der Waals surface area contributed by atoms with Crippen LogP contribution >= 0.6 is 0 Å². The average molecular weight is 484 g/mol. The largest absolute Gasteiger partial charge is 0.356 e. The molecule has 3 aromatic rings. The third-order valence-electron chi connectivity index (χ3n) is 6.90. The molecule has 0 amide bonds. The maximum atomic E-state index is 13.2. The molecular weight excluding hydrogens is 453 g/mol. The van der Waals surface area contributed by atoms with Gasteiger partial charge in [0.2, 0.25) is 10.0 Å². The third kappa shape index (κ3) is 4.52. The quantitative estimate of drug-likeness (QED) is 0.550. The van der Waals surface area contributed by atoms with Crippen LogP contribution in [0.1, 0.15) is 38.1 Å². The Morgan fingerprint density at radius 3 is 2.24 bits per heavy atom. The van der Waals surface area contributed by atoms with E-state index in [1.54, 1.807) is 0 Å². The zero-order chi connectivity index (χ0) is 23.7. The number of anilines is 1. The summed E-state index contributed by atoms with van der Waals surface area (Å²) in [5.41, 5.74) is 0.942. The van der Waals surface area contributed by atoms with Gasteiger partial charge in [-0.3, -0.25) is 4.90 Å². The van der Waals surface area contributed by atoms with Crippen LogP contribution in [0, 0.1) is 5.82 Å². The summed E-state index contributed by atoms with van der Waals surface area (Å²) in [5, 5.41) is 1.08. The van der Waals surface area contributed by atoms with E-state index in [0.29, 0.717) is 26.2 Å². The zero-order valence-corrected chi connectivity index (χ0v) is 20.2. The van der Waals surface area contributed by atoms with E-state index in [2.05, 4.69) is 22.8 Å². The van der Waals surface area contributed by atoms with Crippen LogP contribution in [-0.4, -0.2) is 66.9 Å². The molecule has 2 aliphatic rings. The number of halogens is 1. The number of piperidine rings is 1. The SMILES string of the molecule is C[C@@H](c1nc(N2CCCCC2)c2ccccc2n1)N1CCN(S(=O)(=O)c2ccc(F)cc2)CC1. The van der Waals surface area contributed by atoms with E-state index in [9.17, 15) is 12.8 Å². The number of hydrogen-bond donors (Lipinski definition) is 0. The molecule has 34 heavy (non-hydrogen) atoms. The summed E-state index contributed by atoms with van der Waals surface area (Å²) >= 11 is 0. The van der Waals surface area contributed by atoms with Crippen molar-refractivity contribution >= 4 is 26.7 Å². The lowest BCUT2D eigenvalue weighted by atomic mass is 10.1. The van der Waals surface area contributed by atoms with E-state index in [0.717, 1.165) is 35.6 Å². The maximum absolute atomic E-state index is 13.2. The van der Waals surface area contributed by atoms with Crippen molar-refractivity contribution in [2.75, 3.05) is 44.2 Å². The maximum Gasteiger partial charge on any atom is 0.243 e. The monoisotopic (exact) mass is 483 g/mol. The molecular formula is C25H30FN5O2S. The molecule has 0 N–H and O–H groups in total. The summed E-state index contributed by atoms with van der Waals surface area (Å²) in [7, 11) is -3.64. The van der Waals surface area contributed by atoms with Crippen LogP contribution in [0.3, 0.4) is 0 Å². The van der Waals surface area contributed by atoms with Gasteiger partial charge in [0, 0.05) is 44.7 Å². The molecule has 1 aromatic heterocycles. The van der Waals surface area contributed by atoms with E-state index in [1.807, 2.05) is 18.2 Å². The van der Waals surface area contributed by atoms with Crippen LogP contribution in [0.5, 0.6) is 0 Å². The van der Waals surface area contributed by atoms with Gasteiger partial charge in [-0.15, -0.1) is 0 Å². The Bertz CT molecular complexity index is 1250. The predicted molar refractivity (Wildman–Crippen MR) is 131 cm³/mol. The van der Waals surface area contributed by atoms with Crippen LogP contribution in [0.15, 0.2) is 53.4 Å². The second-order valence-corrected chi connectivity index (χ2v) is 11.0. The van der Waals surface area contributed by atoms with E-state index in [4.69, 9.17) is 9.97 Å². The Morgan fingerprint density at radius 1 is 0.853 bits per heavy atom. The van der Waals surface area contributed by atoms with Gasteiger partial charge in [-0.25, -0.2) is 22.8 Å². The van der Waals surface area contributed by atoms with Gasteiger partial charge in [-0.1, -0.05) is 12.1 Å². The fourth-order valence-electron chi connectivity index (χ4n) is 4.86. The molecule has 3 heterocycles. The molecule has 0 radical (unpaired) electrons. The highest BCUT2D eigenvalue weighted by Crippen LogP contribution is 2.30. The minimum absolute atomic E-state index is 0.0381. The number of rotatable bonds is 5. The number of nitrogens with zero attached hydrogens (tertiary/aromatic N) is 5. The molecule has 9 heteroatoms. The molecule has 2 saturated heterocycles. The summed E-state index contributed by atoms with van der Waals surface area (Å²) in [5.74, 6) is 1.33. The second-order valence-electron chi connectivity index (χ2n) is 9.04. The lowest BCUT2D eigenvalue weighted by Gasteiger charge is -2.37. The molecule has 0 saturated carbocycles. The van der Waals surface area contributed by atoms with E-state index in [-0.39, 0.29) is 10.9 Å². The van der Waals surface area contributed by atoms with E-state index >= 15 is 0 Å². The molecule has 180 valence electrons. The van der Waals surface area contributed by atoms with Crippen molar-refractivity contribution in [1.29, 1.82) is 0 Å². The summed E-state index contributed by atoms with van der Waals surface area (Å²) in [6, 6.07) is 13.1.